The fraction of sp³-hybridized carbons (Fsp3) is 0.800. The van der Waals surface area contributed by atoms with Crippen molar-refractivity contribution in [2.24, 2.45) is 0 Å². The zero-order valence-electron chi connectivity index (χ0n) is 12.6. The number of rotatable bonds is 5. The molecular weight excluding hydrogens is 238 g/mol. The average molecular weight is 265 g/mol. The molecule has 0 aliphatic carbocycles. The molecule has 1 N–H and O–H groups in total. The second kappa shape index (κ2) is 5.63. The van der Waals surface area contributed by atoms with E-state index in [0.29, 0.717) is 18.5 Å². The first-order valence-corrected chi connectivity index (χ1v) is 7.44. The monoisotopic (exact) mass is 265 g/mol. The molecule has 1 aromatic rings. The molecule has 19 heavy (non-hydrogen) atoms. The second-order valence-corrected chi connectivity index (χ2v) is 6.13. The Bertz CT molecular complexity index is 401. The number of likely N-dealkylation sites (tertiary alicyclic amines) is 1. The van der Waals surface area contributed by atoms with E-state index in [2.05, 4.69) is 54.8 Å². The van der Waals surface area contributed by atoms with E-state index in [-0.39, 0.29) is 0 Å². The standard InChI is InChI=1S/C15H27N3O/c1-5-14(6-2)18-8-7-13(16-18)10-15(19)9-12(3)17(4)11-15/h7-8,12,14,19H,5-6,9-11H2,1-4H3. The zero-order chi connectivity index (χ0) is 14.0. The predicted molar refractivity (Wildman–Crippen MR) is 77.2 cm³/mol. The summed E-state index contributed by atoms with van der Waals surface area (Å²) in [6.07, 6.45) is 5.75. The summed E-state index contributed by atoms with van der Waals surface area (Å²) in [5.74, 6) is 0. The van der Waals surface area contributed by atoms with Crippen molar-refractivity contribution in [1.29, 1.82) is 0 Å². The van der Waals surface area contributed by atoms with Crippen LogP contribution in [0.1, 0.15) is 51.8 Å². The zero-order valence-corrected chi connectivity index (χ0v) is 12.6. The SMILES string of the molecule is CCC(CC)n1ccc(CC2(O)CC(C)N(C)C2)n1. The minimum absolute atomic E-state index is 0.450. The lowest BCUT2D eigenvalue weighted by Crippen LogP contribution is -2.34. The maximum Gasteiger partial charge on any atom is 0.0844 e. The van der Waals surface area contributed by atoms with Gasteiger partial charge in [0.1, 0.15) is 0 Å². The maximum absolute atomic E-state index is 10.7. The van der Waals surface area contributed by atoms with Gasteiger partial charge in [-0.15, -0.1) is 0 Å². The molecule has 0 radical (unpaired) electrons. The van der Waals surface area contributed by atoms with Gasteiger partial charge in [0.2, 0.25) is 0 Å². The van der Waals surface area contributed by atoms with Gasteiger partial charge < -0.3 is 10.0 Å². The molecule has 2 unspecified atom stereocenters. The number of aliphatic hydroxyl groups is 1. The van der Waals surface area contributed by atoms with Gasteiger partial charge in [0.25, 0.3) is 0 Å². The maximum atomic E-state index is 10.7. The Morgan fingerprint density at radius 1 is 1.47 bits per heavy atom. The molecule has 2 heterocycles. The first-order chi connectivity index (χ1) is 8.97. The molecule has 4 heteroatoms. The van der Waals surface area contributed by atoms with Crippen molar-refractivity contribution < 1.29 is 5.11 Å². The summed E-state index contributed by atoms with van der Waals surface area (Å²) in [5, 5.41) is 15.3. The Hall–Kier alpha value is -0.870. The van der Waals surface area contributed by atoms with Gasteiger partial charge in [0, 0.05) is 25.2 Å². The highest BCUT2D eigenvalue weighted by Crippen LogP contribution is 2.28. The molecular formula is C15H27N3O. The fourth-order valence-corrected chi connectivity index (χ4v) is 3.19. The van der Waals surface area contributed by atoms with Crippen LogP contribution < -0.4 is 0 Å². The average Bonchev–Trinajstić information content (AvgIpc) is 2.87. The smallest absolute Gasteiger partial charge is 0.0844 e. The van der Waals surface area contributed by atoms with Gasteiger partial charge in [-0.1, -0.05) is 13.8 Å². The Kier molecular flexibility index (Phi) is 4.31. The molecule has 0 saturated carbocycles. The molecule has 0 spiro atoms. The van der Waals surface area contributed by atoms with Gasteiger partial charge in [-0.3, -0.25) is 4.68 Å². The lowest BCUT2D eigenvalue weighted by Gasteiger charge is -2.21. The van der Waals surface area contributed by atoms with Crippen LogP contribution in [0.2, 0.25) is 0 Å². The Morgan fingerprint density at radius 2 is 2.16 bits per heavy atom. The topological polar surface area (TPSA) is 41.3 Å². The van der Waals surface area contributed by atoms with Crippen LogP contribution in [-0.2, 0) is 6.42 Å². The molecule has 1 aromatic heterocycles. The van der Waals surface area contributed by atoms with Crippen LogP contribution in [0.5, 0.6) is 0 Å². The summed E-state index contributed by atoms with van der Waals surface area (Å²) in [6.45, 7) is 7.29. The number of likely N-dealkylation sites (N-methyl/N-ethyl adjacent to an activating group) is 1. The number of β-amino-alcohol motifs (C(OH)–C–C–N with tert-alkyl or cyclic N) is 1. The van der Waals surface area contributed by atoms with Crippen LogP contribution in [0.15, 0.2) is 12.3 Å². The van der Waals surface area contributed by atoms with Crippen molar-refractivity contribution in [2.75, 3.05) is 13.6 Å². The van der Waals surface area contributed by atoms with Crippen molar-refractivity contribution in [3.63, 3.8) is 0 Å². The third kappa shape index (κ3) is 3.18. The Labute approximate surface area is 116 Å². The van der Waals surface area contributed by atoms with Crippen LogP contribution >= 0.6 is 0 Å². The number of aromatic nitrogens is 2. The summed E-state index contributed by atoms with van der Waals surface area (Å²) >= 11 is 0. The number of nitrogens with zero attached hydrogens (tertiary/aromatic N) is 3. The van der Waals surface area contributed by atoms with Crippen LogP contribution in [-0.4, -0.2) is 45.0 Å². The first kappa shape index (κ1) is 14.5. The van der Waals surface area contributed by atoms with Crippen LogP contribution in [0.3, 0.4) is 0 Å². The van der Waals surface area contributed by atoms with E-state index in [9.17, 15) is 5.11 Å². The van der Waals surface area contributed by atoms with Gasteiger partial charge in [-0.25, -0.2) is 0 Å². The van der Waals surface area contributed by atoms with Crippen molar-refractivity contribution in [1.82, 2.24) is 14.7 Å². The normalized spacial score (nSPS) is 28.4. The summed E-state index contributed by atoms with van der Waals surface area (Å²) in [5.41, 5.74) is 0.401. The summed E-state index contributed by atoms with van der Waals surface area (Å²) in [4.78, 5) is 2.22. The largest absolute Gasteiger partial charge is 0.388 e. The lowest BCUT2D eigenvalue weighted by atomic mass is 9.95. The second-order valence-electron chi connectivity index (χ2n) is 6.13. The highest BCUT2D eigenvalue weighted by molar-refractivity contribution is 5.08. The minimum Gasteiger partial charge on any atom is -0.388 e. The predicted octanol–water partition coefficient (Wildman–Crippen LogP) is 2.24. The highest BCUT2D eigenvalue weighted by Gasteiger charge is 2.39. The summed E-state index contributed by atoms with van der Waals surface area (Å²) in [7, 11) is 2.07. The highest BCUT2D eigenvalue weighted by atomic mass is 16.3. The molecule has 108 valence electrons. The number of hydrogen-bond donors (Lipinski definition) is 1. The van der Waals surface area contributed by atoms with Crippen molar-refractivity contribution in [3.05, 3.63) is 18.0 Å². The van der Waals surface area contributed by atoms with Crippen molar-refractivity contribution in [3.8, 4) is 0 Å². The fourth-order valence-electron chi connectivity index (χ4n) is 3.19. The van der Waals surface area contributed by atoms with Crippen LogP contribution in [0, 0.1) is 0 Å². The molecule has 4 nitrogen and oxygen atoms in total. The summed E-state index contributed by atoms with van der Waals surface area (Å²) in [6, 6.07) is 2.99. The van der Waals surface area contributed by atoms with Gasteiger partial charge >= 0.3 is 0 Å². The van der Waals surface area contributed by atoms with Gasteiger partial charge in [-0.05, 0) is 39.3 Å². The minimum atomic E-state index is -0.610. The van der Waals surface area contributed by atoms with E-state index in [1.165, 1.54) is 0 Å². The van der Waals surface area contributed by atoms with Gasteiger partial charge in [0.05, 0.1) is 17.3 Å². The Balaban J connectivity index is 2.04. The van der Waals surface area contributed by atoms with Gasteiger partial charge in [-0.2, -0.15) is 5.10 Å². The van der Waals surface area contributed by atoms with E-state index in [1.54, 1.807) is 0 Å². The third-order valence-corrected chi connectivity index (χ3v) is 4.46. The van der Waals surface area contributed by atoms with Crippen molar-refractivity contribution >= 4 is 0 Å². The Morgan fingerprint density at radius 3 is 2.68 bits per heavy atom. The molecule has 0 bridgehead atoms. The molecule has 0 aromatic carbocycles. The molecule has 1 aliphatic rings. The van der Waals surface area contributed by atoms with Crippen LogP contribution in [0.4, 0.5) is 0 Å². The molecule has 2 atom stereocenters. The molecule has 2 rings (SSSR count). The van der Waals surface area contributed by atoms with Gasteiger partial charge in [0.15, 0.2) is 0 Å². The summed E-state index contributed by atoms with van der Waals surface area (Å²) < 4.78 is 2.06. The molecule has 1 saturated heterocycles. The first-order valence-electron chi connectivity index (χ1n) is 7.44. The van der Waals surface area contributed by atoms with Crippen molar-refractivity contribution in [2.45, 2.75) is 64.1 Å². The van der Waals surface area contributed by atoms with E-state index in [0.717, 1.165) is 31.5 Å². The van der Waals surface area contributed by atoms with E-state index >= 15 is 0 Å². The quantitative estimate of drug-likeness (QED) is 0.887. The molecule has 0 amide bonds. The third-order valence-electron chi connectivity index (χ3n) is 4.46. The van der Waals surface area contributed by atoms with Crippen LogP contribution in [0.25, 0.3) is 0 Å². The molecule has 1 aliphatic heterocycles. The lowest BCUT2D eigenvalue weighted by molar-refractivity contribution is 0.0509. The van der Waals surface area contributed by atoms with E-state index < -0.39 is 5.60 Å². The number of hydrogen-bond acceptors (Lipinski definition) is 3. The van der Waals surface area contributed by atoms with E-state index in [4.69, 9.17) is 0 Å². The van der Waals surface area contributed by atoms with E-state index in [1.807, 2.05) is 0 Å². The molecule has 1 fully saturated rings.